The van der Waals surface area contributed by atoms with E-state index in [1.807, 2.05) is 18.5 Å². The zero-order chi connectivity index (χ0) is 19.9. The topological polar surface area (TPSA) is 64.3 Å². The summed E-state index contributed by atoms with van der Waals surface area (Å²) >= 11 is 0. The molecule has 0 fully saturated rings. The normalized spacial score (nSPS) is 12.0. The molecule has 0 atom stereocenters. The van der Waals surface area contributed by atoms with Crippen molar-refractivity contribution in [3.63, 3.8) is 0 Å². The minimum Gasteiger partial charge on any atom is -0.236 e. The highest BCUT2D eigenvalue weighted by Crippen LogP contribution is 2.28. The van der Waals surface area contributed by atoms with Gasteiger partial charge in [-0.2, -0.15) is 5.10 Å². The summed E-state index contributed by atoms with van der Waals surface area (Å²) in [4.78, 5) is 4.88. The summed E-state index contributed by atoms with van der Waals surface area (Å²) in [5.41, 5.74) is 5.61. The highest BCUT2D eigenvalue weighted by Gasteiger charge is 2.13. The second-order valence-corrected chi connectivity index (χ2v) is 9.26. The minimum atomic E-state index is -3.27. The summed E-state index contributed by atoms with van der Waals surface area (Å²) in [5.74, 6) is 0.492. The van der Waals surface area contributed by atoms with E-state index in [9.17, 15) is 8.42 Å². The molecule has 4 rings (SSSR count). The molecule has 0 amide bonds. The van der Waals surface area contributed by atoms with Crippen LogP contribution < -0.4 is 0 Å². The van der Waals surface area contributed by atoms with Gasteiger partial charge in [0.15, 0.2) is 15.5 Å². The summed E-state index contributed by atoms with van der Waals surface area (Å²) in [6.45, 7) is 4.35. The average Bonchev–Trinajstić information content (AvgIpc) is 3.11. The predicted molar refractivity (Wildman–Crippen MR) is 111 cm³/mol. The van der Waals surface area contributed by atoms with Gasteiger partial charge in [-0.25, -0.2) is 17.9 Å². The first-order chi connectivity index (χ1) is 13.3. The zero-order valence-corrected chi connectivity index (χ0v) is 16.8. The van der Waals surface area contributed by atoms with Gasteiger partial charge in [0.05, 0.1) is 11.1 Å². The lowest BCUT2D eigenvalue weighted by Gasteiger charge is -2.07. The summed E-state index contributed by atoms with van der Waals surface area (Å²) in [5, 5.41) is 4.42. The molecule has 0 aliphatic rings. The van der Waals surface area contributed by atoms with Gasteiger partial charge in [-0.15, -0.1) is 0 Å². The fourth-order valence-corrected chi connectivity index (χ4v) is 3.85. The van der Waals surface area contributed by atoms with E-state index in [2.05, 4.69) is 48.2 Å². The van der Waals surface area contributed by atoms with Crippen molar-refractivity contribution in [1.82, 2.24) is 14.6 Å². The minimum absolute atomic E-state index is 0.284. The Kier molecular flexibility index (Phi) is 4.51. The molecule has 2 heterocycles. The first-order valence-corrected chi connectivity index (χ1v) is 11.0. The van der Waals surface area contributed by atoms with Crippen molar-refractivity contribution in [3.05, 3.63) is 72.7 Å². The molecule has 0 aliphatic carbocycles. The lowest BCUT2D eigenvalue weighted by molar-refractivity contribution is 0.602. The molecule has 2 aromatic heterocycles. The van der Waals surface area contributed by atoms with Crippen LogP contribution >= 0.6 is 0 Å². The first-order valence-electron chi connectivity index (χ1n) is 9.07. The number of sulfone groups is 1. The predicted octanol–water partition coefficient (Wildman–Crippen LogP) is 4.59. The molecular weight excluding hydrogens is 370 g/mol. The maximum Gasteiger partial charge on any atom is 0.175 e. The van der Waals surface area contributed by atoms with Crippen molar-refractivity contribution < 1.29 is 8.42 Å². The molecule has 0 saturated heterocycles. The van der Waals surface area contributed by atoms with Gasteiger partial charge in [0.25, 0.3) is 0 Å². The maximum atomic E-state index is 11.8. The molecule has 0 spiro atoms. The van der Waals surface area contributed by atoms with Crippen LogP contribution in [0.25, 0.3) is 27.9 Å². The lowest BCUT2D eigenvalue weighted by atomic mass is 10.00. The van der Waals surface area contributed by atoms with E-state index in [-0.39, 0.29) is 4.90 Å². The molecular formula is C22H21N3O2S. The van der Waals surface area contributed by atoms with Gasteiger partial charge >= 0.3 is 0 Å². The molecule has 4 aromatic rings. The molecule has 0 bridgehead atoms. The monoisotopic (exact) mass is 391 g/mol. The van der Waals surface area contributed by atoms with Crippen LogP contribution in [0.1, 0.15) is 25.3 Å². The Bertz CT molecular complexity index is 1260. The second kappa shape index (κ2) is 6.87. The molecule has 2 aromatic carbocycles. The Morgan fingerprint density at radius 2 is 1.68 bits per heavy atom. The molecule has 6 heteroatoms. The summed E-state index contributed by atoms with van der Waals surface area (Å²) in [7, 11) is -3.27. The van der Waals surface area contributed by atoms with Gasteiger partial charge < -0.3 is 0 Å². The van der Waals surface area contributed by atoms with Gasteiger partial charge in [-0.05, 0) is 34.7 Å². The summed E-state index contributed by atoms with van der Waals surface area (Å²) in [6.07, 6.45) is 6.69. The highest BCUT2D eigenvalue weighted by atomic mass is 32.2. The number of nitrogens with zero attached hydrogens (tertiary/aromatic N) is 3. The van der Waals surface area contributed by atoms with Crippen LogP contribution in [-0.4, -0.2) is 29.3 Å². The van der Waals surface area contributed by atoms with E-state index < -0.39 is 9.84 Å². The van der Waals surface area contributed by atoms with Crippen molar-refractivity contribution in [1.29, 1.82) is 0 Å². The van der Waals surface area contributed by atoms with Crippen LogP contribution in [0.4, 0.5) is 0 Å². The largest absolute Gasteiger partial charge is 0.236 e. The third kappa shape index (κ3) is 3.43. The number of benzene rings is 2. The third-order valence-electron chi connectivity index (χ3n) is 4.84. The second-order valence-electron chi connectivity index (χ2n) is 7.25. The highest BCUT2D eigenvalue weighted by molar-refractivity contribution is 7.90. The van der Waals surface area contributed by atoms with E-state index in [4.69, 9.17) is 0 Å². The lowest BCUT2D eigenvalue weighted by Crippen LogP contribution is -1.97. The Hall–Kier alpha value is -2.99. The van der Waals surface area contributed by atoms with E-state index in [1.54, 1.807) is 28.9 Å². The van der Waals surface area contributed by atoms with Crippen molar-refractivity contribution in [2.24, 2.45) is 0 Å². The van der Waals surface area contributed by atoms with Crippen molar-refractivity contribution in [3.8, 4) is 22.3 Å². The number of hydrogen-bond acceptors (Lipinski definition) is 4. The zero-order valence-electron chi connectivity index (χ0n) is 16.0. The van der Waals surface area contributed by atoms with Crippen LogP contribution in [-0.2, 0) is 9.84 Å². The molecule has 142 valence electrons. The van der Waals surface area contributed by atoms with Crippen molar-refractivity contribution in [2.75, 3.05) is 6.26 Å². The van der Waals surface area contributed by atoms with Gasteiger partial charge in [0, 0.05) is 29.8 Å². The van der Waals surface area contributed by atoms with Crippen LogP contribution in [0.2, 0.25) is 0 Å². The number of fused-ring (bicyclic) bond motifs is 1. The third-order valence-corrected chi connectivity index (χ3v) is 5.95. The summed E-state index contributed by atoms with van der Waals surface area (Å²) < 4.78 is 25.4. The van der Waals surface area contributed by atoms with Crippen LogP contribution in [0.3, 0.4) is 0 Å². The van der Waals surface area contributed by atoms with Crippen LogP contribution in [0.5, 0.6) is 0 Å². The fraction of sp³-hybridized carbons (Fsp3) is 0.182. The first kappa shape index (κ1) is 18.4. The Balaban J connectivity index is 1.75. The van der Waals surface area contributed by atoms with Gasteiger partial charge in [0.1, 0.15) is 0 Å². The Labute approximate surface area is 164 Å². The number of aromatic nitrogens is 3. The average molecular weight is 391 g/mol. The van der Waals surface area contributed by atoms with Gasteiger partial charge in [-0.3, -0.25) is 0 Å². The smallest absolute Gasteiger partial charge is 0.175 e. The molecule has 28 heavy (non-hydrogen) atoms. The van der Waals surface area contributed by atoms with Crippen molar-refractivity contribution >= 4 is 15.5 Å². The van der Waals surface area contributed by atoms with E-state index in [0.29, 0.717) is 11.6 Å². The molecule has 0 N–H and O–H groups in total. The SMILES string of the molecule is CC(C)c1ccc(-c2cnc3c(-c4cccc(S(C)(=O)=O)c4)cnn3c2)cc1. The number of rotatable bonds is 4. The summed E-state index contributed by atoms with van der Waals surface area (Å²) in [6, 6.07) is 15.3. The molecule has 5 nitrogen and oxygen atoms in total. The molecule has 0 unspecified atom stereocenters. The quantitative estimate of drug-likeness (QED) is 0.510. The van der Waals surface area contributed by atoms with Crippen LogP contribution in [0, 0.1) is 0 Å². The van der Waals surface area contributed by atoms with E-state index in [1.165, 1.54) is 11.8 Å². The standard InChI is InChI=1S/C22H21N3O2S/c1-15(2)16-7-9-17(10-8-16)19-12-23-22-21(13-24-25(22)14-19)18-5-4-6-20(11-18)28(3,26)27/h4-15H,1-3H3. The molecule has 0 radical (unpaired) electrons. The Morgan fingerprint density at radius 3 is 2.36 bits per heavy atom. The Morgan fingerprint density at radius 1 is 0.929 bits per heavy atom. The molecule has 0 aliphatic heterocycles. The maximum absolute atomic E-state index is 11.8. The fourth-order valence-electron chi connectivity index (χ4n) is 3.18. The van der Waals surface area contributed by atoms with Crippen molar-refractivity contribution in [2.45, 2.75) is 24.7 Å². The van der Waals surface area contributed by atoms with E-state index in [0.717, 1.165) is 22.3 Å². The molecule has 0 saturated carbocycles. The van der Waals surface area contributed by atoms with Gasteiger partial charge in [-0.1, -0.05) is 50.2 Å². The van der Waals surface area contributed by atoms with Crippen LogP contribution in [0.15, 0.2) is 72.0 Å². The van der Waals surface area contributed by atoms with Gasteiger partial charge in [0.2, 0.25) is 0 Å². The van der Waals surface area contributed by atoms with E-state index >= 15 is 0 Å². The number of hydrogen-bond donors (Lipinski definition) is 0.